The second-order valence-electron chi connectivity index (χ2n) is 6.11. The number of rotatable bonds is 7. The van der Waals surface area contributed by atoms with Crippen molar-refractivity contribution in [3.63, 3.8) is 0 Å². The molecule has 3 heterocycles. The average molecular weight is 359 g/mol. The molecule has 1 N–H and O–H groups in total. The predicted octanol–water partition coefficient (Wildman–Crippen LogP) is 2.19. The maximum Gasteiger partial charge on any atom is 0.256 e. The van der Waals surface area contributed by atoms with Crippen molar-refractivity contribution < 1.29 is 18.7 Å². The highest BCUT2D eigenvalue weighted by atomic mass is 16.5. The summed E-state index contributed by atoms with van der Waals surface area (Å²) >= 11 is 0. The van der Waals surface area contributed by atoms with Crippen molar-refractivity contribution in [2.45, 2.75) is 19.9 Å². The Morgan fingerprint density at radius 2 is 2.15 bits per heavy atom. The van der Waals surface area contributed by atoms with Gasteiger partial charge < -0.3 is 19.2 Å². The number of carbonyl (C=O) groups is 1. The summed E-state index contributed by atoms with van der Waals surface area (Å²) in [5.74, 6) is 1.85. The molecule has 1 fully saturated rings. The SMILES string of the molecule is CCOc1ncccc1C(=O)NC[C@H](c1ccc(C)o1)N1CCOCC1. The van der Waals surface area contributed by atoms with Crippen LogP contribution in [-0.2, 0) is 4.74 Å². The van der Waals surface area contributed by atoms with E-state index in [4.69, 9.17) is 13.9 Å². The van der Waals surface area contributed by atoms with Gasteiger partial charge in [-0.15, -0.1) is 0 Å². The van der Waals surface area contributed by atoms with Gasteiger partial charge in [-0.1, -0.05) is 0 Å². The normalized spacial score (nSPS) is 16.2. The minimum Gasteiger partial charge on any atom is -0.477 e. The van der Waals surface area contributed by atoms with Crippen LogP contribution in [0.4, 0.5) is 0 Å². The van der Waals surface area contributed by atoms with Crippen molar-refractivity contribution >= 4 is 5.91 Å². The number of aryl methyl sites for hydroxylation is 1. The maximum atomic E-state index is 12.7. The lowest BCUT2D eigenvalue weighted by molar-refractivity contribution is 0.0117. The van der Waals surface area contributed by atoms with Crippen LogP contribution in [0.5, 0.6) is 5.88 Å². The average Bonchev–Trinajstić information content (AvgIpc) is 3.09. The fourth-order valence-corrected chi connectivity index (χ4v) is 3.03. The molecule has 1 aliphatic heterocycles. The highest BCUT2D eigenvalue weighted by Crippen LogP contribution is 2.24. The van der Waals surface area contributed by atoms with Crippen LogP contribution in [0, 0.1) is 6.92 Å². The van der Waals surface area contributed by atoms with Gasteiger partial charge >= 0.3 is 0 Å². The number of nitrogens with zero attached hydrogens (tertiary/aromatic N) is 2. The molecule has 0 spiro atoms. The summed E-state index contributed by atoms with van der Waals surface area (Å²) in [6.45, 7) is 7.65. The number of hydrogen-bond donors (Lipinski definition) is 1. The van der Waals surface area contributed by atoms with Crippen LogP contribution in [0.15, 0.2) is 34.9 Å². The Kier molecular flexibility index (Phi) is 6.25. The summed E-state index contributed by atoms with van der Waals surface area (Å²) in [5, 5.41) is 3.00. The number of ether oxygens (including phenoxy) is 2. The number of nitrogens with one attached hydrogen (secondary N) is 1. The molecule has 7 nitrogen and oxygen atoms in total. The van der Waals surface area contributed by atoms with Crippen LogP contribution in [0.1, 0.15) is 34.8 Å². The Bertz CT molecular complexity index is 725. The van der Waals surface area contributed by atoms with Crippen LogP contribution in [0.2, 0.25) is 0 Å². The van der Waals surface area contributed by atoms with Gasteiger partial charge in [0.1, 0.15) is 17.1 Å². The number of amides is 1. The van der Waals surface area contributed by atoms with Crippen molar-refractivity contribution in [2.24, 2.45) is 0 Å². The van der Waals surface area contributed by atoms with Crippen molar-refractivity contribution in [2.75, 3.05) is 39.5 Å². The molecule has 7 heteroatoms. The number of carbonyl (C=O) groups excluding carboxylic acids is 1. The third-order valence-corrected chi connectivity index (χ3v) is 4.33. The number of pyridine rings is 1. The molecule has 1 atom stereocenters. The number of aromatic nitrogens is 1. The summed E-state index contributed by atoms with van der Waals surface area (Å²) in [7, 11) is 0. The fourth-order valence-electron chi connectivity index (χ4n) is 3.03. The topological polar surface area (TPSA) is 76.8 Å². The smallest absolute Gasteiger partial charge is 0.256 e. The van der Waals surface area contributed by atoms with Crippen molar-refractivity contribution in [3.05, 3.63) is 47.5 Å². The summed E-state index contributed by atoms with van der Waals surface area (Å²) in [4.78, 5) is 19.1. The van der Waals surface area contributed by atoms with E-state index < -0.39 is 0 Å². The van der Waals surface area contributed by atoms with Gasteiger partial charge in [-0.2, -0.15) is 0 Å². The third kappa shape index (κ3) is 4.42. The van der Waals surface area contributed by atoms with Gasteiger partial charge in [-0.25, -0.2) is 4.98 Å². The highest BCUT2D eigenvalue weighted by molar-refractivity contribution is 5.96. The standard InChI is InChI=1S/C19H25N3O4/c1-3-25-19-15(5-4-8-20-19)18(23)21-13-16(17-7-6-14(2)26-17)22-9-11-24-12-10-22/h4-8,16H,3,9-13H2,1-2H3,(H,21,23)/t16-/m1/s1. The van der Waals surface area contributed by atoms with Crippen LogP contribution in [-0.4, -0.2) is 55.2 Å². The van der Waals surface area contributed by atoms with E-state index in [-0.39, 0.29) is 11.9 Å². The number of hydrogen-bond acceptors (Lipinski definition) is 6. The lowest BCUT2D eigenvalue weighted by Crippen LogP contribution is -2.43. The minimum absolute atomic E-state index is 0.0382. The van der Waals surface area contributed by atoms with Gasteiger partial charge in [0.05, 0.1) is 25.9 Å². The maximum absolute atomic E-state index is 12.7. The molecule has 2 aromatic rings. The minimum atomic E-state index is -0.205. The molecule has 0 aromatic carbocycles. The van der Waals surface area contributed by atoms with Gasteiger partial charge in [-0.05, 0) is 38.1 Å². The first-order valence-corrected chi connectivity index (χ1v) is 8.93. The molecular weight excluding hydrogens is 334 g/mol. The van der Waals surface area contributed by atoms with Crippen molar-refractivity contribution in [1.82, 2.24) is 15.2 Å². The van der Waals surface area contributed by atoms with Gasteiger partial charge in [0.2, 0.25) is 5.88 Å². The molecule has 3 rings (SSSR count). The molecule has 0 aliphatic carbocycles. The lowest BCUT2D eigenvalue weighted by atomic mass is 10.1. The first-order chi connectivity index (χ1) is 12.7. The molecule has 140 valence electrons. The lowest BCUT2D eigenvalue weighted by Gasteiger charge is -2.33. The zero-order valence-electron chi connectivity index (χ0n) is 15.2. The molecule has 1 aliphatic rings. The molecule has 26 heavy (non-hydrogen) atoms. The Morgan fingerprint density at radius 3 is 2.85 bits per heavy atom. The first kappa shape index (κ1) is 18.4. The zero-order chi connectivity index (χ0) is 18.4. The second kappa shape index (κ2) is 8.82. The van der Waals surface area contributed by atoms with Crippen molar-refractivity contribution in [1.29, 1.82) is 0 Å². The Hall–Kier alpha value is -2.38. The Labute approximate surface area is 153 Å². The first-order valence-electron chi connectivity index (χ1n) is 8.93. The van der Waals surface area contributed by atoms with Crippen molar-refractivity contribution in [3.8, 4) is 5.88 Å². The van der Waals surface area contributed by atoms with Crippen LogP contribution >= 0.6 is 0 Å². The molecule has 0 saturated carbocycles. The molecule has 0 unspecified atom stereocenters. The molecule has 1 saturated heterocycles. The Balaban J connectivity index is 1.72. The summed E-state index contributed by atoms with van der Waals surface area (Å²) < 4.78 is 16.7. The zero-order valence-corrected chi connectivity index (χ0v) is 15.2. The molecule has 0 radical (unpaired) electrons. The molecule has 1 amide bonds. The van der Waals surface area contributed by atoms with Gasteiger partial charge in [-0.3, -0.25) is 9.69 Å². The number of furan rings is 1. The van der Waals surface area contributed by atoms with Gasteiger partial charge in [0, 0.05) is 25.8 Å². The highest BCUT2D eigenvalue weighted by Gasteiger charge is 2.26. The quantitative estimate of drug-likeness (QED) is 0.817. The van der Waals surface area contributed by atoms with E-state index in [1.54, 1.807) is 18.3 Å². The van der Waals surface area contributed by atoms with Crippen LogP contribution < -0.4 is 10.1 Å². The van der Waals surface area contributed by atoms with Gasteiger partial charge in [0.15, 0.2) is 0 Å². The van der Waals surface area contributed by atoms with E-state index in [0.29, 0.717) is 37.8 Å². The monoisotopic (exact) mass is 359 g/mol. The van der Waals surface area contributed by atoms with Crippen LogP contribution in [0.3, 0.4) is 0 Å². The van der Waals surface area contributed by atoms with Crippen LogP contribution in [0.25, 0.3) is 0 Å². The summed E-state index contributed by atoms with van der Waals surface area (Å²) in [6, 6.07) is 7.32. The largest absolute Gasteiger partial charge is 0.477 e. The van der Waals surface area contributed by atoms with E-state index in [1.165, 1.54) is 0 Å². The number of morpholine rings is 1. The molecule has 2 aromatic heterocycles. The molecule has 0 bridgehead atoms. The summed E-state index contributed by atoms with van der Waals surface area (Å²) in [5.41, 5.74) is 0.436. The third-order valence-electron chi connectivity index (χ3n) is 4.33. The summed E-state index contributed by atoms with van der Waals surface area (Å²) in [6.07, 6.45) is 1.62. The Morgan fingerprint density at radius 1 is 1.35 bits per heavy atom. The van der Waals surface area contributed by atoms with E-state index in [1.807, 2.05) is 26.0 Å². The molecular formula is C19H25N3O4. The van der Waals surface area contributed by atoms with Gasteiger partial charge in [0.25, 0.3) is 5.91 Å². The van der Waals surface area contributed by atoms with E-state index in [2.05, 4.69) is 15.2 Å². The fraction of sp³-hybridized carbons (Fsp3) is 0.474. The predicted molar refractivity (Wildman–Crippen MR) is 96.3 cm³/mol. The van der Waals surface area contributed by atoms with E-state index in [9.17, 15) is 4.79 Å². The second-order valence-corrected chi connectivity index (χ2v) is 6.11. The van der Waals surface area contributed by atoms with E-state index >= 15 is 0 Å². The van der Waals surface area contributed by atoms with E-state index in [0.717, 1.165) is 24.6 Å².